The van der Waals surface area contributed by atoms with Crippen molar-refractivity contribution in [2.75, 3.05) is 6.61 Å². The summed E-state index contributed by atoms with van der Waals surface area (Å²) in [5, 5.41) is 3.16. The Morgan fingerprint density at radius 1 is 1.21 bits per heavy atom. The first-order valence-corrected chi connectivity index (χ1v) is 10.2. The Hall–Kier alpha value is -2.49. The van der Waals surface area contributed by atoms with E-state index in [2.05, 4.69) is 37.4 Å². The van der Waals surface area contributed by atoms with Crippen molar-refractivity contribution in [1.29, 1.82) is 0 Å². The molecular formula is C24H29NO3. The zero-order valence-electron chi connectivity index (χ0n) is 17.0. The number of aryl methyl sites for hydroxylation is 2. The molecule has 1 N–H and O–H groups in total. The molecule has 1 amide bonds. The molecule has 2 aliphatic rings. The Morgan fingerprint density at radius 2 is 2.04 bits per heavy atom. The summed E-state index contributed by atoms with van der Waals surface area (Å²) in [6, 6.07) is 12.3. The monoisotopic (exact) mass is 379 g/mol. The SMILES string of the molecule is Cc1ccc2c(c1)OC(C)(C)C[C@H]2NC(=O)COc1cccc2c1CCCC2. The summed E-state index contributed by atoms with van der Waals surface area (Å²) < 4.78 is 12.0. The van der Waals surface area contributed by atoms with Gasteiger partial charge in [0.2, 0.25) is 0 Å². The van der Waals surface area contributed by atoms with Gasteiger partial charge in [-0.15, -0.1) is 0 Å². The average molecular weight is 380 g/mol. The van der Waals surface area contributed by atoms with Crippen LogP contribution in [0, 0.1) is 6.92 Å². The van der Waals surface area contributed by atoms with Gasteiger partial charge in [0.05, 0.1) is 6.04 Å². The molecule has 0 unspecified atom stereocenters. The minimum Gasteiger partial charge on any atom is -0.487 e. The first-order chi connectivity index (χ1) is 13.4. The van der Waals surface area contributed by atoms with E-state index in [1.807, 2.05) is 25.1 Å². The van der Waals surface area contributed by atoms with Crippen molar-refractivity contribution in [2.45, 2.75) is 64.5 Å². The van der Waals surface area contributed by atoms with Gasteiger partial charge < -0.3 is 14.8 Å². The number of carbonyl (C=O) groups excluding carboxylic acids is 1. The summed E-state index contributed by atoms with van der Waals surface area (Å²) >= 11 is 0. The number of ether oxygens (including phenoxy) is 2. The highest BCUT2D eigenvalue weighted by molar-refractivity contribution is 5.78. The maximum absolute atomic E-state index is 12.7. The Labute approximate surface area is 167 Å². The molecule has 0 spiro atoms. The van der Waals surface area contributed by atoms with E-state index in [4.69, 9.17) is 9.47 Å². The fourth-order valence-electron chi connectivity index (χ4n) is 4.35. The van der Waals surface area contributed by atoms with Crippen molar-refractivity contribution < 1.29 is 14.3 Å². The van der Waals surface area contributed by atoms with E-state index in [9.17, 15) is 4.79 Å². The molecule has 4 rings (SSSR count). The molecule has 0 aromatic heterocycles. The van der Waals surface area contributed by atoms with Crippen molar-refractivity contribution in [2.24, 2.45) is 0 Å². The van der Waals surface area contributed by atoms with Gasteiger partial charge in [-0.05, 0) is 75.3 Å². The van der Waals surface area contributed by atoms with Crippen LogP contribution in [-0.2, 0) is 17.6 Å². The summed E-state index contributed by atoms with van der Waals surface area (Å²) in [7, 11) is 0. The van der Waals surface area contributed by atoms with Gasteiger partial charge in [-0.2, -0.15) is 0 Å². The topological polar surface area (TPSA) is 47.6 Å². The molecule has 4 heteroatoms. The van der Waals surface area contributed by atoms with E-state index in [0.717, 1.165) is 41.9 Å². The standard InChI is InChI=1S/C24H29NO3/c1-16-11-12-19-20(14-24(2,3)28-22(19)13-16)25-23(26)15-27-21-10-6-8-17-7-4-5-9-18(17)21/h6,8,10-13,20H,4-5,7,9,14-15H2,1-3H3,(H,25,26)/t20-/m1/s1. The molecule has 0 bridgehead atoms. The van der Waals surface area contributed by atoms with Crippen molar-refractivity contribution in [3.63, 3.8) is 0 Å². The number of rotatable bonds is 4. The first-order valence-electron chi connectivity index (χ1n) is 10.2. The molecule has 1 aliphatic carbocycles. The zero-order valence-corrected chi connectivity index (χ0v) is 17.0. The van der Waals surface area contributed by atoms with Crippen LogP contribution in [0.4, 0.5) is 0 Å². The zero-order chi connectivity index (χ0) is 19.7. The van der Waals surface area contributed by atoms with E-state index < -0.39 is 0 Å². The largest absolute Gasteiger partial charge is 0.487 e. The van der Waals surface area contributed by atoms with E-state index in [0.29, 0.717) is 0 Å². The third kappa shape index (κ3) is 4.01. The molecule has 1 aliphatic heterocycles. The van der Waals surface area contributed by atoms with Crippen LogP contribution in [0.5, 0.6) is 11.5 Å². The minimum absolute atomic E-state index is 0.0371. The van der Waals surface area contributed by atoms with E-state index in [1.54, 1.807) is 0 Å². The summed E-state index contributed by atoms with van der Waals surface area (Å²) in [5.41, 5.74) is 4.50. The van der Waals surface area contributed by atoms with Crippen molar-refractivity contribution in [1.82, 2.24) is 5.32 Å². The van der Waals surface area contributed by atoms with Gasteiger partial charge in [0.25, 0.3) is 5.91 Å². The second kappa shape index (κ2) is 7.50. The van der Waals surface area contributed by atoms with E-state index in [-0.39, 0.29) is 24.2 Å². The van der Waals surface area contributed by atoms with E-state index >= 15 is 0 Å². The molecule has 4 nitrogen and oxygen atoms in total. The molecular weight excluding hydrogens is 350 g/mol. The Morgan fingerprint density at radius 3 is 2.89 bits per heavy atom. The predicted octanol–water partition coefficient (Wildman–Crippen LogP) is 4.67. The molecule has 148 valence electrons. The highest BCUT2D eigenvalue weighted by Gasteiger charge is 2.34. The molecule has 0 radical (unpaired) electrons. The van der Waals surface area contributed by atoms with Gasteiger partial charge in [-0.3, -0.25) is 4.79 Å². The van der Waals surface area contributed by atoms with Crippen LogP contribution < -0.4 is 14.8 Å². The smallest absolute Gasteiger partial charge is 0.258 e. The van der Waals surface area contributed by atoms with Crippen LogP contribution in [0.1, 0.15) is 61.4 Å². The number of hydrogen-bond donors (Lipinski definition) is 1. The second-order valence-corrected chi connectivity index (χ2v) is 8.62. The number of amides is 1. The fraction of sp³-hybridized carbons (Fsp3) is 0.458. The second-order valence-electron chi connectivity index (χ2n) is 8.62. The van der Waals surface area contributed by atoms with Crippen molar-refractivity contribution >= 4 is 5.91 Å². The lowest BCUT2D eigenvalue weighted by atomic mass is 9.89. The fourth-order valence-corrected chi connectivity index (χ4v) is 4.35. The van der Waals surface area contributed by atoms with Crippen LogP contribution in [0.15, 0.2) is 36.4 Å². The normalized spacial score (nSPS) is 19.8. The summed E-state index contributed by atoms with van der Waals surface area (Å²) in [6.07, 6.45) is 5.29. The van der Waals surface area contributed by atoms with Crippen LogP contribution in [0.2, 0.25) is 0 Å². The lowest BCUT2D eigenvalue weighted by molar-refractivity contribution is -0.124. The highest BCUT2D eigenvalue weighted by atomic mass is 16.5. The highest BCUT2D eigenvalue weighted by Crippen LogP contribution is 2.40. The maximum atomic E-state index is 12.7. The molecule has 1 atom stereocenters. The molecule has 0 saturated carbocycles. The number of fused-ring (bicyclic) bond motifs is 2. The first kappa shape index (κ1) is 18.9. The van der Waals surface area contributed by atoms with Crippen LogP contribution >= 0.6 is 0 Å². The number of benzene rings is 2. The van der Waals surface area contributed by atoms with E-state index in [1.165, 1.54) is 24.0 Å². The lowest BCUT2D eigenvalue weighted by Crippen LogP contribution is -2.42. The summed E-state index contributed by atoms with van der Waals surface area (Å²) in [4.78, 5) is 12.7. The Balaban J connectivity index is 1.45. The third-order valence-electron chi connectivity index (χ3n) is 5.67. The Bertz CT molecular complexity index is 887. The minimum atomic E-state index is -0.321. The van der Waals surface area contributed by atoms with Gasteiger partial charge in [-0.1, -0.05) is 24.3 Å². The molecule has 28 heavy (non-hydrogen) atoms. The molecule has 0 saturated heterocycles. The molecule has 2 aromatic carbocycles. The lowest BCUT2D eigenvalue weighted by Gasteiger charge is -2.38. The molecule has 0 fully saturated rings. The van der Waals surface area contributed by atoms with Gasteiger partial charge in [-0.25, -0.2) is 0 Å². The molecule has 1 heterocycles. The van der Waals surface area contributed by atoms with Gasteiger partial charge >= 0.3 is 0 Å². The van der Waals surface area contributed by atoms with Crippen molar-refractivity contribution in [3.8, 4) is 11.5 Å². The number of nitrogens with one attached hydrogen (secondary N) is 1. The van der Waals surface area contributed by atoms with Gasteiger partial charge in [0.1, 0.15) is 17.1 Å². The number of carbonyl (C=O) groups is 1. The average Bonchev–Trinajstić information content (AvgIpc) is 2.65. The summed E-state index contributed by atoms with van der Waals surface area (Å²) in [5.74, 6) is 1.62. The van der Waals surface area contributed by atoms with Crippen molar-refractivity contribution in [3.05, 3.63) is 58.7 Å². The number of hydrogen-bond acceptors (Lipinski definition) is 3. The van der Waals surface area contributed by atoms with Crippen LogP contribution in [0.3, 0.4) is 0 Å². The maximum Gasteiger partial charge on any atom is 0.258 e. The third-order valence-corrected chi connectivity index (χ3v) is 5.67. The Kier molecular flexibility index (Phi) is 5.05. The van der Waals surface area contributed by atoms with Gasteiger partial charge in [0.15, 0.2) is 6.61 Å². The quantitative estimate of drug-likeness (QED) is 0.840. The van der Waals surface area contributed by atoms with Gasteiger partial charge in [0, 0.05) is 12.0 Å². The predicted molar refractivity (Wildman–Crippen MR) is 110 cm³/mol. The van der Waals surface area contributed by atoms with Crippen LogP contribution in [0.25, 0.3) is 0 Å². The van der Waals surface area contributed by atoms with Crippen LogP contribution in [-0.4, -0.2) is 18.1 Å². The molecule has 2 aromatic rings. The summed E-state index contributed by atoms with van der Waals surface area (Å²) in [6.45, 7) is 6.21.